The maximum absolute atomic E-state index is 12.8. The van der Waals surface area contributed by atoms with E-state index in [0.717, 1.165) is 28.3 Å². The van der Waals surface area contributed by atoms with E-state index in [4.69, 9.17) is 4.74 Å². The van der Waals surface area contributed by atoms with Crippen molar-refractivity contribution in [3.05, 3.63) is 94.8 Å². The molecule has 0 amide bonds. The Bertz CT molecular complexity index is 1250. The summed E-state index contributed by atoms with van der Waals surface area (Å²) in [6.45, 7) is 2.10. The monoisotopic (exact) mass is 486 g/mol. The number of aromatic nitrogens is 2. The van der Waals surface area contributed by atoms with Gasteiger partial charge in [-0.2, -0.15) is 13.2 Å². The van der Waals surface area contributed by atoms with Crippen molar-refractivity contribution in [3.8, 4) is 16.3 Å². The third-order valence-corrected chi connectivity index (χ3v) is 6.53. The quantitative estimate of drug-likeness (QED) is 0.314. The summed E-state index contributed by atoms with van der Waals surface area (Å²) >= 11 is 1.37. The number of benzene rings is 2. The fourth-order valence-corrected chi connectivity index (χ4v) is 4.44. The van der Waals surface area contributed by atoms with Crippen molar-refractivity contribution < 1.29 is 27.8 Å². The molecule has 0 aliphatic heterocycles. The summed E-state index contributed by atoms with van der Waals surface area (Å²) in [5.74, 6) is -0.276. The lowest BCUT2D eigenvalue weighted by molar-refractivity contribution is -0.141. The second-order valence-electron chi connectivity index (χ2n) is 7.72. The molecule has 0 spiro atoms. The predicted molar refractivity (Wildman–Crippen MR) is 123 cm³/mol. The molecule has 0 aliphatic carbocycles. The van der Waals surface area contributed by atoms with E-state index in [-0.39, 0.29) is 6.61 Å². The van der Waals surface area contributed by atoms with Crippen LogP contribution in [0.3, 0.4) is 0 Å². The normalized spacial score (nSPS) is 12.5. The first-order chi connectivity index (χ1) is 16.2. The molecule has 2 aromatic carbocycles. The molecule has 0 bridgehead atoms. The summed E-state index contributed by atoms with van der Waals surface area (Å²) in [5, 5.41) is 10.2. The number of hydrogen-bond acceptors (Lipinski definition) is 4. The number of nitrogens with zero attached hydrogens (tertiary/aromatic N) is 2. The van der Waals surface area contributed by atoms with Crippen molar-refractivity contribution in [1.82, 2.24) is 9.55 Å². The summed E-state index contributed by atoms with van der Waals surface area (Å²) < 4.78 is 45.9. The smallest absolute Gasteiger partial charge is 0.416 e. The van der Waals surface area contributed by atoms with Crippen LogP contribution in [0.4, 0.5) is 13.2 Å². The lowest BCUT2D eigenvalue weighted by Crippen LogP contribution is -2.20. The van der Waals surface area contributed by atoms with Gasteiger partial charge in [0.15, 0.2) is 0 Å². The highest BCUT2D eigenvalue weighted by Crippen LogP contribution is 2.33. The zero-order valence-electron chi connectivity index (χ0n) is 18.1. The van der Waals surface area contributed by atoms with Crippen LogP contribution in [0.1, 0.15) is 27.7 Å². The van der Waals surface area contributed by atoms with Gasteiger partial charge in [0.1, 0.15) is 23.4 Å². The van der Waals surface area contributed by atoms with Gasteiger partial charge in [0.05, 0.1) is 16.1 Å². The number of thiazole rings is 1. The number of hydrogen-bond donors (Lipinski definition) is 1. The Hall–Kier alpha value is -3.59. The number of carboxylic acids is 1. The minimum atomic E-state index is -4.37. The van der Waals surface area contributed by atoms with Crippen molar-refractivity contribution in [3.63, 3.8) is 0 Å². The molecule has 2 aromatic heterocycles. The van der Waals surface area contributed by atoms with E-state index >= 15 is 0 Å². The van der Waals surface area contributed by atoms with Crippen LogP contribution in [0, 0.1) is 6.92 Å². The number of rotatable bonds is 8. The highest BCUT2D eigenvalue weighted by molar-refractivity contribution is 7.15. The zero-order chi connectivity index (χ0) is 24.3. The van der Waals surface area contributed by atoms with Crippen LogP contribution < -0.4 is 4.74 Å². The Morgan fingerprint density at radius 3 is 2.32 bits per heavy atom. The van der Waals surface area contributed by atoms with Gasteiger partial charge >= 0.3 is 12.1 Å². The predicted octanol–water partition coefficient (Wildman–Crippen LogP) is 6.39. The van der Waals surface area contributed by atoms with Gasteiger partial charge in [-0.1, -0.05) is 24.3 Å². The summed E-state index contributed by atoms with van der Waals surface area (Å²) in [4.78, 5) is 17.0. The van der Waals surface area contributed by atoms with E-state index in [1.165, 1.54) is 23.5 Å². The number of ether oxygens (including phenoxy) is 1. The van der Waals surface area contributed by atoms with Gasteiger partial charge in [0, 0.05) is 24.4 Å². The van der Waals surface area contributed by atoms with E-state index in [9.17, 15) is 23.1 Å². The highest BCUT2D eigenvalue weighted by atomic mass is 32.1. The molecule has 176 valence electrons. The number of alkyl halides is 3. The molecule has 0 saturated carbocycles. The Morgan fingerprint density at radius 2 is 1.74 bits per heavy atom. The van der Waals surface area contributed by atoms with E-state index in [1.807, 2.05) is 19.1 Å². The SMILES string of the molecule is Cc1nc(-c2ccc(C(F)(F)F)cc2)sc1COc1ccc(CC(C(=O)O)n2cccc2)cc1. The molecule has 2 heterocycles. The van der Waals surface area contributed by atoms with Crippen LogP contribution in [0.15, 0.2) is 73.1 Å². The summed E-state index contributed by atoms with van der Waals surface area (Å²) in [6, 6.07) is 15.1. The Labute approximate surface area is 198 Å². The van der Waals surface area contributed by atoms with Gasteiger partial charge in [0.2, 0.25) is 0 Å². The number of halogens is 3. The van der Waals surface area contributed by atoms with Crippen LogP contribution in [0.2, 0.25) is 0 Å². The number of aliphatic carboxylic acids is 1. The lowest BCUT2D eigenvalue weighted by Gasteiger charge is -2.15. The van der Waals surface area contributed by atoms with E-state index < -0.39 is 23.8 Å². The second-order valence-corrected chi connectivity index (χ2v) is 8.81. The fraction of sp³-hybridized carbons (Fsp3) is 0.200. The standard InChI is InChI=1S/C25H21F3N2O3S/c1-16-22(34-23(29-16)18-6-8-19(9-7-18)25(26,27)28)15-33-20-10-4-17(5-11-20)14-21(24(31)32)30-12-2-3-13-30/h2-13,21H,14-15H2,1H3,(H,31,32). The molecular formula is C25H21F3N2O3S. The van der Waals surface area contributed by atoms with E-state index in [2.05, 4.69) is 4.98 Å². The second kappa shape index (κ2) is 9.72. The third-order valence-electron chi connectivity index (χ3n) is 5.35. The maximum atomic E-state index is 12.8. The number of carbonyl (C=O) groups is 1. The molecule has 0 fully saturated rings. The minimum Gasteiger partial charge on any atom is -0.488 e. The Kier molecular flexibility index (Phi) is 6.74. The molecule has 4 rings (SSSR count). The summed E-state index contributed by atoms with van der Waals surface area (Å²) in [5.41, 5.74) is 1.55. The lowest BCUT2D eigenvalue weighted by atomic mass is 10.1. The molecule has 9 heteroatoms. The average Bonchev–Trinajstić information content (AvgIpc) is 3.46. The topological polar surface area (TPSA) is 64.3 Å². The first-order valence-electron chi connectivity index (χ1n) is 10.4. The van der Waals surface area contributed by atoms with Gasteiger partial charge in [-0.15, -0.1) is 11.3 Å². The van der Waals surface area contributed by atoms with E-state index in [0.29, 0.717) is 22.7 Å². The van der Waals surface area contributed by atoms with Gasteiger partial charge in [-0.05, 0) is 48.9 Å². The summed E-state index contributed by atoms with van der Waals surface area (Å²) in [7, 11) is 0. The molecule has 1 atom stereocenters. The van der Waals surface area contributed by atoms with Crippen LogP contribution in [0.5, 0.6) is 5.75 Å². The highest BCUT2D eigenvalue weighted by Gasteiger charge is 2.30. The van der Waals surface area contributed by atoms with Crippen molar-refractivity contribution in [1.29, 1.82) is 0 Å². The van der Waals surface area contributed by atoms with Gasteiger partial charge in [0.25, 0.3) is 0 Å². The Morgan fingerprint density at radius 1 is 1.09 bits per heavy atom. The van der Waals surface area contributed by atoms with Crippen molar-refractivity contribution >= 4 is 17.3 Å². The van der Waals surface area contributed by atoms with Crippen molar-refractivity contribution in [2.45, 2.75) is 32.2 Å². The largest absolute Gasteiger partial charge is 0.488 e. The third kappa shape index (κ3) is 5.48. The van der Waals surface area contributed by atoms with Gasteiger partial charge in [-0.25, -0.2) is 9.78 Å². The summed E-state index contributed by atoms with van der Waals surface area (Å²) in [6.07, 6.45) is -0.573. The molecular weight excluding hydrogens is 465 g/mol. The van der Waals surface area contributed by atoms with Crippen LogP contribution in [0.25, 0.3) is 10.6 Å². The number of carboxylic acid groups (broad SMARTS) is 1. The first kappa shape index (κ1) is 23.6. The molecule has 0 radical (unpaired) electrons. The van der Waals surface area contributed by atoms with E-state index in [1.54, 1.807) is 41.2 Å². The minimum absolute atomic E-state index is 0.268. The van der Waals surface area contributed by atoms with Crippen LogP contribution in [-0.2, 0) is 24.0 Å². The fourth-order valence-electron chi connectivity index (χ4n) is 3.46. The van der Waals surface area contributed by atoms with Gasteiger partial charge < -0.3 is 14.4 Å². The molecule has 1 unspecified atom stereocenters. The maximum Gasteiger partial charge on any atom is 0.416 e. The zero-order valence-corrected chi connectivity index (χ0v) is 18.9. The number of aryl methyl sites for hydroxylation is 1. The van der Waals surface area contributed by atoms with Gasteiger partial charge in [-0.3, -0.25) is 0 Å². The molecule has 0 aliphatic rings. The average molecular weight is 487 g/mol. The molecule has 34 heavy (non-hydrogen) atoms. The first-order valence-corrected chi connectivity index (χ1v) is 11.2. The molecule has 4 aromatic rings. The molecule has 5 nitrogen and oxygen atoms in total. The van der Waals surface area contributed by atoms with Crippen molar-refractivity contribution in [2.75, 3.05) is 0 Å². The molecule has 1 N–H and O–H groups in total. The van der Waals surface area contributed by atoms with Crippen molar-refractivity contribution in [2.24, 2.45) is 0 Å². The van der Waals surface area contributed by atoms with Crippen LogP contribution >= 0.6 is 11.3 Å². The molecule has 0 saturated heterocycles. The Balaban J connectivity index is 1.39. The van der Waals surface area contributed by atoms with Crippen LogP contribution in [-0.4, -0.2) is 20.6 Å².